The van der Waals surface area contributed by atoms with E-state index in [1.54, 1.807) is 0 Å². The van der Waals surface area contributed by atoms with Crippen LogP contribution in [0.4, 0.5) is 0 Å². The molecule has 1 saturated carbocycles. The van der Waals surface area contributed by atoms with Crippen LogP contribution in [0, 0.1) is 11.3 Å². The largest absolute Gasteiger partial charge is 0.456 e. The summed E-state index contributed by atoms with van der Waals surface area (Å²) in [4.78, 5) is 4.96. The monoisotopic (exact) mass is 485 g/mol. The van der Waals surface area contributed by atoms with Gasteiger partial charge >= 0.3 is 0 Å². The third-order valence-corrected chi connectivity index (χ3v) is 8.85. The Labute approximate surface area is 219 Å². The van der Waals surface area contributed by atoms with Crippen molar-refractivity contribution in [3.63, 3.8) is 0 Å². The van der Waals surface area contributed by atoms with E-state index in [2.05, 4.69) is 88.4 Å². The number of benzene rings is 4. The number of rotatable bonds is 3. The third-order valence-electron chi connectivity index (χ3n) is 8.85. The first kappa shape index (κ1) is 22.8. The minimum Gasteiger partial charge on any atom is -0.456 e. The zero-order valence-corrected chi connectivity index (χ0v) is 22.4. The second-order valence-electron chi connectivity index (χ2n) is 12.5. The Kier molecular flexibility index (Phi) is 5.12. The van der Waals surface area contributed by atoms with Gasteiger partial charge in [-0.05, 0) is 100 Å². The highest BCUT2D eigenvalue weighted by Crippen LogP contribution is 2.51. The van der Waals surface area contributed by atoms with E-state index in [0.717, 1.165) is 34.6 Å². The van der Waals surface area contributed by atoms with Crippen molar-refractivity contribution in [3.8, 4) is 22.8 Å². The first-order chi connectivity index (χ1) is 17.9. The lowest BCUT2D eigenvalue weighted by Gasteiger charge is -2.34. The number of pyridine rings is 1. The van der Waals surface area contributed by atoms with Crippen LogP contribution in [0.5, 0.6) is 11.5 Å². The van der Waals surface area contributed by atoms with Gasteiger partial charge in [-0.25, -0.2) is 0 Å². The van der Waals surface area contributed by atoms with Gasteiger partial charge in [0.1, 0.15) is 11.5 Å². The summed E-state index contributed by atoms with van der Waals surface area (Å²) in [6, 6.07) is 22.5. The maximum atomic E-state index is 6.83. The molecule has 1 fully saturated rings. The van der Waals surface area contributed by atoms with Gasteiger partial charge in [-0.2, -0.15) is 0 Å². The summed E-state index contributed by atoms with van der Waals surface area (Å²) in [7, 11) is 0. The normalized spacial score (nSPS) is 16.9. The van der Waals surface area contributed by atoms with Crippen molar-refractivity contribution in [2.45, 2.75) is 65.7 Å². The minimum absolute atomic E-state index is 0.482. The van der Waals surface area contributed by atoms with E-state index >= 15 is 0 Å². The number of nitrogens with zero attached hydrogens (tertiary/aromatic N) is 1. The van der Waals surface area contributed by atoms with Gasteiger partial charge in [-0.3, -0.25) is 4.98 Å². The van der Waals surface area contributed by atoms with Gasteiger partial charge in [-0.15, -0.1) is 0 Å². The number of aromatic nitrogens is 1. The molecule has 0 amide bonds. The van der Waals surface area contributed by atoms with Crippen molar-refractivity contribution >= 4 is 32.3 Å². The molecule has 7 rings (SSSR count). The molecule has 1 aromatic heterocycles. The molecule has 186 valence electrons. The average molecular weight is 486 g/mol. The summed E-state index contributed by atoms with van der Waals surface area (Å²) < 4.78 is 6.83. The molecule has 37 heavy (non-hydrogen) atoms. The molecule has 2 nitrogen and oxygen atoms in total. The Morgan fingerprint density at radius 2 is 1.68 bits per heavy atom. The predicted octanol–water partition coefficient (Wildman–Crippen LogP) is 10.2. The summed E-state index contributed by atoms with van der Waals surface area (Å²) in [6.45, 7) is 9.39. The fraction of sp³-hybridized carbons (Fsp3) is 0.343. The quantitative estimate of drug-likeness (QED) is 0.233. The molecule has 1 aliphatic heterocycles. The molecular formula is C35H35NO. The maximum absolute atomic E-state index is 6.83. The van der Waals surface area contributed by atoms with Crippen molar-refractivity contribution in [2.24, 2.45) is 11.3 Å². The number of hydrogen-bond donors (Lipinski definition) is 0. The van der Waals surface area contributed by atoms with Crippen LogP contribution in [0.1, 0.15) is 70.4 Å². The Hall–Kier alpha value is -3.39. The molecule has 2 aliphatic rings. The smallest absolute Gasteiger partial charge is 0.140 e. The molecule has 2 heteroatoms. The lowest BCUT2D eigenvalue weighted by atomic mass is 9.71. The Bertz CT molecular complexity index is 1680. The Balaban J connectivity index is 1.44. The van der Waals surface area contributed by atoms with Gasteiger partial charge in [0.25, 0.3) is 0 Å². The van der Waals surface area contributed by atoms with Gasteiger partial charge in [0.05, 0.1) is 11.1 Å². The highest BCUT2D eigenvalue weighted by molar-refractivity contribution is 6.16. The van der Waals surface area contributed by atoms with Crippen LogP contribution in [0.25, 0.3) is 43.6 Å². The Morgan fingerprint density at radius 1 is 0.892 bits per heavy atom. The lowest BCUT2D eigenvalue weighted by Crippen LogP contribution is -2.20. The van der Waals surface area contributed by atoms with Gasteiger partial charge in [0.15, 0.2) is 0 Å². The van der Waals surface area contributed by atoms with E-state index in [9.17, 15) is 0 Å². The lowest BCUT2D eigenvalue weighted by molar-refractivity contribution is 0.224. The number of fused-ring (bicyclic) bond motifs is 5. The van der Waals surface area contributed by atoms with E-state index in [-0.39, 0.29) is 0 Å². The van der Waals surface area contributed by atoms with Crippen LogP contribution in [0.2, 0.25) is 0 Å². The molecule has 0 N–H and O–H groups in total. The van der Waals surface area contributed by atoms with Gasteiger partial charge in [-0.1, -0.05) is 70.2 Å². The molecule has 0 saturated heterocycles. The van der Waals surface area contributed by atoms with Gasteiger partial charge < -0.3 is 4.74 Å². The molecule has 0 atom stereocenters. The molecule has 2 heterocycles. The zero-order chi connectivity index (χ0) is 25.3. The van der Waals surface area contributed by atoms with E-state index in [1.165, 1.54) is 63.7 Å². The van der Waals surface area contributed by atoms with E-state index in [4.69, 9.17) is 9.72 Å². The summed E-state index contributed by atoms with van der Waals surface area (Å²) >= 11 is 0. The summed E-state index contributed by atoms with van der Waals surface area (Å²) in [5, 5.41) is 7.50. The molecule has 5 aromatic rings. The van der Waals surface area contributed by atoms with Gasteiger partial charge in [0.2, 0.25) is 0 Å². The van der Waals surface area contributed by atoms with E-state index in [1.807, 2.05) is 6.20 Å². The standard InChI is InChI=1S/C35H35NO/c1-21(2)17-29-26-8-6-5-7-24(26)19-30-33-32-27(13-16-36-33)28-18-23(22-11-14-35(3,4)15-12-22)9-10-25(28)20-31(32)37-34(29)30/h5-10,13,16,18-22H,11-12,14-15,17H2,1-4H3. The van der Waals surface area contributed by atoms with Crippen LogP contribution in [0.15, 0.2) is 66.9 Å². The molecule has 0 spiro atoms. The van der Waals surface area contributed by atoms with Crippen molar-refractivity contribution in [1.82, 2.24) is 4.98 Å². The predicted molar refractivity (Wildman–Crippen MR) is 156 cm³/mol. The summed E-state index contributed by atoms with van der Waals surface area (Å²) in [5.41, 5.74) is 5.44. The van der Waals surface area contributed by atoms with Crippen molar-refractivity contribution in [3.05, 3.63) is 78.0 Å². The van der Waals surface area contributed by atoms with Crippen LogP contribution in [0.3, 0.4) is 0 Å². The molecule has 0 bridgehead atoms. The van der Waals surface area contributed by atoms with Crippen LogP contribution in [-0.2, 0) is 6.42 Å². The Morgan fingerprint density at radius 3 is 2.49 bits per heavy atom. The fourth-order valence-corrected chi connectivity index (χ4v) is 6.77. The summed E-state index contributed by atoms with van der Waals surface area (Å²) in [5.74, 6) is 3.11. The van der Waals surface area contributed by atoms with E-state index < -0.39 is 0 Å². The van der Waals surface area contributed by atoms with Crippen molar-refractivity contribution in [1.29, 1.82) is 0 Å². The molecule has 0 unspecified atom stereocenters. The third kappa shape index (κ3) is 3.72. The first-order valence-electron chi connectivity index (χ1n) is 14.0. The highest BCUT2D eigenvalue weighted by Gasteiger charge is 2.29. The van der Waals surface area contributed by atoms with E-state index in [0.29, 0.717) is 17.3 Å². The van der Waals surface area contributed by atoms with Gasteiger partial charge in [0, 0.05) is 17.3 Å². The maximum Gasteiger partial charge on any atom is 0.140 e. The number of hydrogen-bond acceptors (Lipinski definition) is 2. The van der Waals surface area contributed by atoms with Crippen molar-refractivity contribution < 1.29 is 4.74 Å². The second kappa shape index (κ2) is 8.31. The summed E-state index contributed by atoms with van der Waals surface area (Å²) in [6.07, 6.45) is 8.14. The van der Waals surface area contributed by atoms with Crippen LogP contribution < -0.4 is 4.74 Å². The molecule has 0 radical (unpaired) electrons. The highest BCUT2D eigenvalue weighted by atomic mass is 16.5. The van der Waals surface area contributed by atoms with Crippen LogP contribution >= 0.6 is 0 Å². The first-order valence-corrected chi connectivity index (χ1v) is 14.0. The zero-order valence-electron chi connectivity index (χ0n) is 22.4. The molecular weight excluding hydrogens is 450 g/mol. The average Bonchev–Trinajstić information content (AvgIpc) is 2.89. The minimum atomic E-state index is 0.482. The van der Waals surface area contributed by atoms with Crippen molar-refractivity contribution in [2.75, 3.05) is 0 Å². The molecule has 4 aromatic carbocycles. The second-order valence-corrected chi connectivity index (χ2v) is 12.5. The fourth-order valence-electron chi connectivity index (χ4n) is 6.77. The topological polar surface area (TPSA) is 22.1 Å². The molecule has 1 aliphatic carbocycles. The SMILES string of the molecule is CC(C)Cc1c2c(cc3ccccc13)-c1nccc3c1c(cc1ccc(C4CCC(C)(C)CC4)cc13)O2. The number of ether oxygens (including phenoxy) is 1. The van der Waals surface area contributed by atoms with Crippen LogP contribution in [-0.4, -0.2) is 4.98 Å².